The number of aromatic amines is 1. The number of benzene rings is 2. The molecule has 3 aromatic rings. The van der Waals surface area contributed by atoms with Gasteiger partial charge in [0, 0.05) is 25.7 Å². The molecule has 172 valence electrons. The molecule has 1 aliphatic rings. The molecule has 4 rings (SSSR count). The van der Waals surface area contributed by atoms with Crippen LogP contribution in [0.25, 0.3) is 10.9 Å². The minimum Gasteiger partial charge on any atom is -0.465 e. The van der Waals surface area contributed by atoms with Gasteiger partial charge >= 0.3 is 5.97 Å². The summed E-state index contributed by atoms with van der Waals surface area (Å²) in [5.74, 6) is -0.752. The number of fused-ring (bicyclic) bond motifs is 1. The number of rotatable bonds is 6. The van der Waals surface area contributed by atoms with Crippen LogP contribution in [0.4, 0.5) is 0 Å². The highest BCUT2D eigenvalue weighted by molar-refractivity contribution is 7.71. The van der Waals surface area contributed by atoms with E-state index in [-0.39, 0.29) is 28.8 Å². The van der Waals surface area contributed by atoms with Gasteiger partial charge in [0.05, 0.1) is 23.6 Å². The fourth-order valence-corrected chi connectivity index (χ4v) is 4.39. The van der Waals surface area contributed by atoms with Gasteiger partial charge in [-0.15, -0.1) is 0 Å². The lowest BCUT2D eigenvalue weighted by atomic mass is 10.0. The fourth-order valence-electron chi connectivity index (χ4n) is 4.14. The summed E-state index contributed by atoms with van der Waals surface area (Å²) in [6.45, 7) is 2.55. The zero-order valence-electron chi connectivity index (χ0n) is 18.4. The van der Waals surface area contributed by atoms with Crippen LogP contribution in [0.2, 0.25) is 0 Å². The smallest absolute Gasteiger partial charge is 0.337 e. The number of methoxy groups -OCH3 is 1. The Hall–Kier alpha value is -3.30. The molecule has 1 aromatic heterocycles. The number of esters is 1. The third-order valence-electron chi connectivity index (χ3n) is 5.91. The van der Waals surface area contributed by atoms with Gasteiger partial charge in [-0.05, 0) is 48.8 Å². The Kier molecular flexibility index (Phi) is 7.00. The van der Waals surface area contributed by atoms with Crippen LogP contribution in [0.3, 0.4) is 0 Å². The van der Waals surface area contributed by atoms with Crippen molar-refractivity contribution in [3.63, 3.8) is 0 Å². The van der Waals surface area contributed by atoms with E-state index in [1.807, 2.05) is 18.2 Å². The summed E-state index contributed by atoms with van der Waals surface area (Å²) in [4.78, 5) is 42.6. The van der Waals surface area contributed by atoms with Crippen molar-refractivity contribution >= 4 is 35.0 Å². The molecule has 0 aliphatic carbocycles. The van der Waals surface area contributed by atoms with Gasteiger partial charge in [-0.1, -0.05) is 30.3 Å². The van der Waals surface area contributed by atoms with Gasteiger partial charge in [0.2, 0.25) is 5.91 Å². The predicted octanol–water partition coefficient (Wildman–Crippen LogP) is 2.63. The van der Waals surface area contributed by atoms with Crippen LogP contribution in [0.15, 0.2) is 53.3 Å². The van der Waals surface area contributed by atoms with E-state index >= 15 is 0 Å². The molecule has 1 saturated heterocycles. The molecule has 2 heterocycles. The summed E-state index contributed by atoms with van der Waals surface area (Å²) in [5, 5.41) is 3.38. The number of nitrogens with zero attached hydrogens (tertiary/aromatic N) is 2. The SMILES string of the molecule is COC(=O)c1ccc2c(=O)n(CC(=O)NC3CCN(Cc4ccccc4)CC3)c(=S)[nH]c2c1. The van der Waals surface area contributed by atoms with Gasteiger partial charge in [0.25, 0.3) is 5.56 Å². The van der Waals surface area contributed by atoms with Crippen molar-refractivity contribution in [2.24, 2.45) is 0 Å². The first-order chi connectivity index (χ1) is 15.9. The molecule has 0 bridgehead atoms. The minimum atomic E-state index is -0.505. The van der Waals surface area contributed by atoms with Gasteiger partial charge in [0.15, 0.2) is 4.77 Å². The van der Waals surface area contributed by atoms with Gasteiger partial charge in [-0.3, -0.25) is 19.1 Å². The lowest BCUT2D eigenvalue weighted by Crippen LogP contribution is -2.45. The minimum absolute atomic E-state index is 0.0702. The second kappa shape index (κ2) is 10.1. The number of nitrogens with one attached hydrogen (secondary N) is 2. The lowest BCUT2D eigenvalue weighted by molar-refractivity contribution is -0.122. The highest BCUT2D eigenvalue weighted by Gasteiger charge is 2.21. The summed E-state index contributed by atoms with van der Waals surface area (Å²) >= 11 is 5.31. The van der Waals surface area contributed by atoms with Gasteiger partial charge in [-0.25, -0.2) is 4.79 Å². The lowest BCUT2D eigenvalue weighted by Gasteiger charge is -2.32. The molecule has 0 spiro atoms. The van der Waals surface area contributed by atoms with E-state index in [2.05, 4.69) is 27.3 Å². The summed E-state index contributed by atoms with van der Waals surface area (Å²) in [6, 6.07) is 15.0. The van der Waals surface area contributed by atoms with Crippen molar-refractivity contribution in [3.05, 3.63) is 74.8 Å². The van der Waals surface area contributed by atoms with E-state index in [1.54, 1.807) is 0 Å². The normalized spacial score (nSPS) is 14.8. The third-order valence-corrected chi connectivity index (χ3v) is 6.23. The number of piperidine rings is 1. The molecule has 33 heavy (non-hydrogen) atoms. The van der Waals surface area contributed by atoms with Crippen molar-refractivity contribution in [2.75, 3.05) is 20.2 Å². The molecule has 0 atom stereocenters. The molecule has 9 heteroatoms. The number of ether oxygens (including phenoxy) is 1. The Labute approximate surface area is 196 Å². The average molecular weight is 467 g/mol. The first-order valence-corrected chi connectivity index (χ1v) is 11.3. The van der Waals surface area contributed by atoms with Crippen LogP contribution in [0.1, 0.15) is 28.8 Å². The van der Waals surface area contributed by atoms with E-state index in [1.165, 1.54) is 35.4 Å². The second-order valence-electron chi connectivity index (χ2n) is 8.18. The number of H-pyrrole nitrogens is 1. The quantitative estimate of drug-likeness (QED) is 0.428. The summed E-state index contributed by atoms with van der Waals surface area (Å²) in [5.41, 5.74) is 1.64. The Morgan fingerprint density at radius 2 is 1.88 bits per heavy atom. The largest absolute Gasteiger partial charge is 0.465 e. The monoisotopic (exact) mass is 466 g/mol. The maximum atomic E-state index is 12.9. The number of carbonyl (C=O) groups is 2. The standard InChI is InChI=1S/C24H26N4O4S/c1-32-23(31)17-7-8-19-20(13-17)26-24(33)28(22(19)30)15-21(29)25-18-9-11-27(12-10-18)14-16-5-3-2-4-6-16/h2-8,13,18H,9-12,14-15H2,1H3,(H,25,29)(H,26,33). The molecule has 0 saturated carbocycles. The van der Waals surface area contributed by atoms with E-state index in [4.69, 9.17) is 17.0 Å². The zero-order chi connectivity index (χ0) is 23.4. The Morgan fingerprint density at radius 3 is 2.58 bits per heavy atom. The zero-order valence-corrected chi connectivity index (χ0v) is 19.2. The van der Waals surface area contributed by atoms with Crippen LogP contribution >= 0.6 is 12.2 Å². The van der Waals surface area contributed by atoms with Crippen LogP contribution < -0.4 is 10.9 Å². The highest BCUT2D eigenvalue weighted by atomic mass is 32.1. The first-order valence-electron chi connectivity index (χ1n) is 10.9. The maximum absolute atomic E-state index is 12.9. The molecule has 1 aliphatic heterocycles. The maximum Gasteiger partial charge on any atom is 0.337 e. The van der Waals surface area contributed by atoms with Crippen LogP contribution in [-0.2, 0) is 22.6 Å². The Morgan fingerprint density at radius 1 is 1.15 bits per heavy atom. The molecule has 0 unspecified atom stereocenters. The summed E-state index contributed by atoms with van der Waals surface area (Å²) in [6.07, 6.45) is 1.71. The Bertz CT molecular complexity index is 1280. The van der Waals surface area contributed by atoms with Crippen LogP contribution in [-0.4, -0.2) is 52.6 Å². The van der Waals surface area contributed by atoms with E-state index in [9.17, 15) is 14.4 Å². The second-order valence-corrected chi connectivity index (χ2v) is 8.56. The molecule has 1 fully saturated rings. The molecular formula is C24H26N4O4S. The number of aromatic nitrogens is 2. The number of amides is 1. The van der Waals surface area contributed by atoms with Crippen LogP contribution in [0.5, 0.6) is 0 Å². The fraction of sp³-hybridized carbons (Fsp3) is 0.333. The first kappa shape index (κ1) is 22.9. The van der Waals surface area contributed by atoms with Crippen molar-refractivity contribution in [1.82, 2.24) is 19.8 Å². The van der Waals surface area contributed by atoms with Crippen molar-refractivity contribution < 1.29 is 14.3 Å². The molecule has 1 amide bonds. The molecular weight excluding hydrogens is 440 g/mol. The number of carbonyl (C=O) groups excluding carboxylic acids is 2. The number of likely N-dealkylation sites (tertiary alicyclic amines) is 1. The van der Waals surface area contributed by atoms with Crippen LogP contribution in [0, 0.1) is 4.77 Å². The van der Waals surface area contributed by atoms with E-state index in [0.717, 1.165) is 32.5 Å². The molecule has 0 radical (unpaired) electrons. The molecule has 2 aromatic carbocycles. The summed E-state index contributed by atoms with van der Waals surface area (Å²) in [7, 11) is 1.29. The van der Waals surface area contributed by atoms with Crippen molar-refractivity contribution in [3.8, 4) is 0 Å². The van der Waals surface area contributed by atoms with E-state index < -0.39 is 5.97 Å². The molecule has 2 N–H and O–H groups in total. The van der Waals surface area contributed by atoms with Gasteiger partial charge in [0.1, 0.15) is 6.54 Å². The highest BCUT2D eigenvalue weighted by Crippen LogP contribution is 2.14. The van der Waals surface area contributed by atoms with Gasteiger partial charge in [-0.2, -0.15) is 0 Å². The Balaban J connectivity index is 1.38. The number of hydrogen-bond acceptors (Lipinski definition) is 6. The van der Waals surface area contributed by atoms with Gasteiger partial charge < -0.3 is 15.0 Å². The third kappa shape index (κ3) is 5.37. The average Bonchev–Trinajstić information content (AvgIpc) is 2.83. The van der Waals surface area contributed by atoms with E-state index in [0.29, 0.717) is 16.5 Å². The van der Waals surface area contributed by atoms with Crippen molar-refractivity contribution in [2.45, 2.75) is 32.0 Å². The predicted molar refractivity (Wildman–Crippen MR) is 128 cm³/mol. The topological polar surface area (TPSA) is 96.4 Å². The summed E-state index contributed by atoms with van der Waals surface area (Å²) < 4.78 is 6.08. The van der Waals surface area contributed by atoms with Crippen molar-refractivity contribution in [1.29, 1.82) is 0 Å². The number of hydrogen-bond donors (Lipinski definition) is 2. The molecule has 8 nitrogen and oxygen atoms in total.